The number of carbonyl (C=O) groups is 2. The molecule has 0 radical (unpaired) electrons. The Kier molecular flexibility index (Phi) is 26.1. The fraction of sp³-hybridized carbons (Fsp3) is 0.667. The Morgan fingerprint density at radius 1 is 0.731 bits per heavy atom. The topological polar surface area (TPSA) is 321 Å². The maximum Gasteiger partial charge on any atom is 0.308 e. The van der Waals surface area contributed by atoms with Crippen molar-refractivity contribution < 1.29 is 84.3 Å². The van der Waals surface area contributed by atoms with E-state index in [0.29, 0.717) is 0 Å². The van der Waals surface area contributed by atoms with Crippen molar-refractivity contribution in [3.63, 3.8) is 0 Å². The first-order valence-electron chi connectivity index (χ1n) is 23.0. The van der Waals surface area contributed by atoms with Crippen molar-refractivity contribution in [2.75, 3.05) is 26.9 Å². The van der Waals surface area contributed by atoms with Gasteiger partial charge in [-0.1, -0.05) is 92.0 Å². The number of hydrogen-bond acceptors (Lipinski definition) is 18. The molecule has 67 heavy (non-hydrogen) atoms. The highest BCUT2D eigenvalue weighted by atomic mass is 16.7. The Morgan fingerprint density at radius 3 is 1.97 bits per heavy atom. The number of ether oxygens (including phenoxy) is 5. The molecule has 2 bridgehead atoms. The highest BCUT2D eigenvalue weighted by Gasteiger charge is 2.50. The molecule has 13 N–H and O–H groups in total. The highest BCUT2D eigenvalue weighted by Crippen LogP contribution is 2.38. The van der Waals surface area contributed by atoms with Gasteiger partial charge in [0.2, 0.25) is 5.91 Å². The third-order valence-electron chi connectivity index (χ3n) is 11.7. The molecule has 17 atom stereocenters. The van der Waals surface area contributed by atoms with E-state index in [4.69, 9.17) is 29.4 Å². The van der Waals surface area contributed by atoms with Crippen LogP contribution in [-0.2, 0) is 33.3 Å². The molecule has 0 saturated carbocycles. The van der Waals surface area contributed by atoms with Crippen LogP contribution in [-0.4, -0.2) is 181 Å². The lowest BCUT2D eigenvalue weighted by Gasteiger charge is -2.45. The number of amides is 1. The van der Waals surface area contributed by atoms with Crippen LogP contribution in [0.3, 0.4) is 0 Å². The Morgan fingerprint density at radius 2 is 1.34 bits per heavy atom. The van der Waals surface area contributed by atoms with E-state index in [2.05, 4.69) is 5.32 Å². The number of allylic oxidation sites excluding steroid dienone is 12. The molecule has 1 amide bonds. The lowest BCUT2D eigenvalue weighted by molar-refractivity contribution is -0.304. The van der Waals surface area contributed by atoms with Crippen LogP contribution < -0.4 is 11.1 Å². The lowest BCUT2D eigenvalue weighted by Crippen LogP contribution is -2.59. The van der Waals surface area contributed by atoms with Crippen LogP contribution in [0.5, 0.6) is 0 Å². The zero-order valence-electron chi connectivity index (χ0n) is 38.7. The van der Waals surface area contributed by atoms with E-state index in [1.54, 1.807) is 61.6 Å². The van der Waals surface area contributed by atoms with Gasteiger partial charge in [0.1, 0.15) is 12.2 Å². The van der Waals surface area contributed by atoms with E-state index in [1.807, 2.05) is 37.3 Å². The number of aliphatic hydroxyl groups excluding tert-OH is 9. The summed E-state index contributed by atoms with van der Waals surface area (Å²) in [5, 5.41) is 111. The lowest BCUT2D eigenvalue weighted by atomic mass is 9.82. The molecule has 2 fully saturated rings. The number of esters is 1. The summed E-state index contributed by atoms with van der Waals surface area (Å²) in [6, 6.07) is -1.11. The van der Waals surface area contributed by atoms with E-state index < -0.39 is 135 Å². The van der Waals surface area contributed by atoms with Gasteiger partial charge in [-0.15, -0.1) is 0 Å². The van der Waals surface area contributed by atoms with Crippen molar-refractivity contribution in [3.05, 3.63) is 85.1 Å². The molecule has 380 valence electrons. The van der Waals surface area contributed by atoms with Crippen LogP contribution in [0.2, 0.25) is 0 Å². The number of fused-ring (bicyclic) bond motifs is 2. The summed E-state index contributed by atoms with van der Waals surface area (Å²) in [5.74, 6) is -5.15. The van der Waals surface area contributed by atoms with Gasteiger partial charge in [0.05, 0.1) is 92.6 Å². The zero-order valence-corrected chi connectivity index (χ0v) is 38.7. The monoisotopic (exact) mass is 953 g/mol. The second-order valence-corrected chi connectivity index (χ2v) is 17.6. The summed E-state index contributed by atoms with van der Waals surface area (Å²) in [5.41, 5.74) is 6.00. The number of hydrogen-bond donors (Lipinski definition) is 12. The van der Waals surface area contributed by atoms with Crippen molar-refractivity contribution in [3.8, 4) is 0 Å². The fourth-order valence-electron chi connectivity index (χ4n) is 7.90. The molecule has 3 rings (SSSR count). The van der Waals surface area contributed by atoms with Gasteiger partial charge in [0.25, 0.3) is 0 Å². The van der Waals surface area contributed by atoms with Crippen LogP contribution in [0.25, 0.3) is 0 Å². The maximum absolute atomic E-state index is 13.6. The third kappa shape index (κ3) is 21.4. The first kappa shape index (κ1) is 57.8. The van der Waals surface area contributed by atoms with E-state index in [0.717, 1.165) is 0 Å². The van der Waals surface area contributed by atoms with Gasteiger partial charge in [-0.2, -0.15) is 0 Å². The molecule has 0 aromatic carbocycles. The molecule has 0 aliphatic carbocycles. The quantitative estimate of drug-likeness (QED) is 0.121. The molecule has 5 unspecified atom stereocenters. The Hall–Kier alpha value is -3.48. The smallest absolute Gasteiger partial charge is 0.308 e. The van der Waals surface area contributed by atoms with Crippen LogP contribution in [0.4, 0.5) is 0 Å². The molecule has 2 saturated heterocycles. The third-order valence-corrected chi connectivity index (χ3v) is 11.7. The van der Waals surface area contributed by atoms with Gasteiger partial charge < -0.3 is 85.8 Å². The number of rotatable bonds is 6. The highest BCUT2D eigenvalue weighted by molar-refractivity contribution is 5.80. The number of nitrogens with one attached hydrogen (secondary N) is 1. The summed E-state index contributed by atoms with van der Waals surface area (Å²) >= 11 is 0. The summed E-state index contributed by atoms with van der Waals surface area (Å²) in [4.78, 5) is 26.1. The molecule has 3 heterocycles. The minimum Gasteiger partial charge on any atom is -0.462 e. The van der Waals surface area contributed by atoms with Crippen LogP contribution in [0.1, 0.15) is 71.6 Å². The number of nitrogens with two attached hydrogens (primary N) is 1. The molecule has 19 nitrogen and oxygen atoms in total. The molecule has 3 aliphatic rings. The predicted molar refractivity (Wildman–Crippen MR) is 245 cm³/mol. The maximum atomic E-state index is 13.6. The fourth-order valence-corrected chi connectivity index (χ4v) is 7.90. The molecule has 3 aliphatic heterocycles. The van der Waals surface area contributed by atoms with E-state index >= 15 is 0 Å². The Labute approximate surface area is 393 Å². The average molecular weight is 953 g/mol. The molecule has 0 aromatic heterocycles. The second-order valence-electron chi connectivity index (χ2n) is 17.6. The molecule has 0 aromatic rings. The molecular weight excluding hydrogens is 877 g/mol. The van der Waals surface area contributed by atoms with Gasteiger partial charge >= 0.3 is 5.97 Å². The SMILES string of the molecule is COCCNC(=O)[C@H]1[C@@H]2CC(O[C@@H]3OC[C@@H](O)[C@H](N)[C@@H]3O)/C=C/C=C/C=C/C=C/C=C/C=C/C=C/[C@H](C)[C@@H](O)C[C@H](C)OC(=O)CC(O)CC(O)CC[C@@H](O)[C@H](O)CC(O)CC(O)(C[C@@H]1O)O2. The normalized spacial score (nSPS) is 42.2. The Balaban J connectivity index is 1.89. The van der Waals surface area contributed by atoms with Crippen molar-refractivity contribution >= 4 is 11.9 Å². The second kappa shape index (κ2) is 30.2. The van der Waals surface area contributed by atoms with Crippen LogP contribution in [0, 0.1) is 11.8 Å². The largest absolute Gasteiger partial charge is 0.462 e. The Bertz CT molecular complexity index is 1670. The predicted octanol–water partition coefficient (Wildman–Crippen LogP) is -0.245. The van der Waals surface area contributed by atoms with Crippen molar-refractivity contribution in [2.24, 2.45) is 17.6 Å². The van der Waals surface area contributed by atoms with Crippen LogP contribution in [0.15, 0.2) is 85.1 Å². The van der Waals surface area contributed by atoms with Gasteiger partial charge in [-0.05, 0) is 26.2 Å². The zero-order chi connectivity index (χ0) is 49.5. The van der Waals surface area contributed by atoms with Crippen molar-refractivity contribution in [2.45, 2.75) is 163 Å². The van der Waals surface area contributed by atoms with Gasteiger partial charge in [-0.3, -0.25) is 9.59 Å². The molecule has 19 heteroatoms. The standard InChI is InChI=1S/C48H76N2O17/c1-30-16-14-12-10-8-6-4-5-7-9-11-13-15-17-35(66-47-45(60)44(49)40(58)29-64-47)26-41-43(46(61)50-20-21-63-3)39(57)28-48(62,67-41)27-34(53)24-38(56)36(54)19-18-32(51)23-33(52)25-42(59)65-31(2)22-37(30)55/h4-17,30-41,43-45,47,51-58,60,62H,18-29,49H2,1-3H3,(H,50,61)/b5-4+,8-6+,9-7+,12-10+,13-11+,16-14+,17-15+/t30-,31-,32?,33?,34?,35?,36+,37-,38+,39-,40+,41-,43+,44-,45-,47-,48?/m0/s1. The summed E-state index contributed by atoms with van der Waals surface area (Å²) in [6.07, 6.45) is 5.81. The summed E-state index contributed by atoms with van der Waals surface area (Å²) in [6.45, 7) is 3.46. The van der Waals surface area contributed by atoms with Gasteiger partial charge in [0, 0.05) is 51.7 Å². The number of methoxy groups -OCH3 is 1. The van der Waals surface area contributed by atoms with Crippen LogP contribution >= 0.6 is 0 Å². The average Bonchev–Trinajstić information content (AvgIpc) is 3.24. The summed E-state index contributed by atoms with van der Waals surface area (Å²) < 4.78 is 28.3. The first-order valence-corrected chi connectivity index (χ1v) is 23.0. The van der Waals surface area contributed by atoms with Crippen molar-refractivity contribution in [1.82, 2.24) is 5.32 Å². The summed E-state index contributed by atoms with van der Waals surface area (Å²) in [7, 11) is 1.45. The minimum atomic E-state index is -2.27. The van der Waals surface area contributed by atoms with Crippen molar-refractivity contribution in [1.29, 1.82) is 0 Å². The van der Waals surface area contributed by atoms with Gasteiger partial charge in [0.15, 0.2) is 12.1 Å². The number of cyclic esters (lactones) is 1. The molecular formula is C48H76N2O17. The van der Waals surface area contributed by atoms with E-state index in [9.17, 15) is 60.7 Å². The number of carbonyl (C=O) groups excluding carboxylic acids is 2. The minimum absolute atomic E-state index is 0.0898. The first-order chi connectivity index (χ1) is 31.8. The van der Waals surface area contributed by atoms with Gasteiger partial charge in [-0.25, -0.2) is 0 Å². The molecule has 0 spiro atoms. The number of aliphatic hydroxyl groups is 10. The van der Waals surface area contributed by atoms with E-state index in [-0.39, 0.29) is 57.8 Å². The van der Waals surface area contributed by atoms with E-state index in [1.165, 1.54) is 7.11 Å².